The molecule has 6 nitrogen and oxygen atoms in total. The fraction of sp³-hybridized carbons (Fsp3) is 0.818. The molecule has 17 heavy (non-hydrogen) atoms. The molecule has 1 heterocycles. The summed E-state index contributed by atoms with van der Waals surface area (Å²) in [6.45, 7) is 7.01. The monoisotopic (exact) mass is 243 g/mol. The average molecular weight is 243 g/mol. The Morgan fingerprint density at radius 3 is 2.59 bits per heavy atom. The van der Waals surface area contributed by atoms with Crippen molar-refractivity contribution in [2.45, 2.75) is 19.4 Å². The quantitative estimate of drug-likeness (QED) is 0.605. The number of carbonyl (C=O) groups excluding carboxylic acids is 2. The molecule has 1 fully saturated rings. The molecule has 0 saturated carbocycles. The molecule has 0 aromatic rings. The van der Waals surface area contributed by atoms with Crippen LogP contribution in [0.2, 0.25) is 0 Å². The SMILES string of the molecule is CON(C)C(=O)C1CN(CC(C)(C)O[C]=O)C1. The van der Waals surface area contributed by atoms with Crippen LogP contribution >= 0.6 is 0 Å². The van der Waals surface area contributed by atoms with E-state index >= 15 is 0 Å². The average Bonchev–Trinajstić information content (AvgIpc) is 2.20. The van der Waals surface area contributed by atoms with Crippen LogP contribution in [0.3, 0.4) is 0 Å². The van der Waals surface area contributed by atoms with E-state index in [2.05, 4.69) is 4.90 Å². The maximum absolute atomic E-state index is 11.7. The highest BCUT2D eigenvalue weighted by molar-refractivity contribution is 5.78. The molecule has 1 radical (unpaired) electrons. The van der Waals surface area contributed by atoms with Gasteiger partial charge in [-0.3, -0.25) is 14.5 Å². The number of ether oxygens (including phenoxy) is 1. The maximum Gasteiger partial charge on any atom is 0.418 e. The van der Waals surface area contributed by atoms with E-state index in [0.29, 0.717) is 19.6 Å². The van der Waals surface area contributed by atoms with Crippen LogP contribution < -0.4 is 0 Å². The lowest BCUT2D eigenvalue weighted by Crippen LogP contribution is -2.57. The summed E-state index contributed by atoms with van der Waals surface area (Å²) in [6.07, 6.45) is 0. The van der Waals surface area contributed by atoms with Crippen molar-refractivity contribution in [2.24, 2.45) is 5.92 Å². The third-order valence-electron chi connectivity index (χ3n) is 2.81. The third-order valence-corrected chi connectivity index (χ3v) is 2.81. The Bertz CT molecular complexity index is 287. The van der Waals surface area contributed by atoms with Crippen molar-refractivity contribution in [2.75, 3.05) is 33.8 Å². The second-order valence-electron chi connectivity index (χ2n) is 4.85. The molecular weight excluding hydrogens is 224 g/mol. The minimum absolute atomic E-state index is 0.0237. The lowest BCUT2D eigenvalue weighted by Gasteiger charge is -2.42. The number of hydrogen-bond acceptors (Lipinski definition) is 5. The van der Waals surface area contributed by atoms with Gasteiger partial charge in [0.25, 0.3) is 5.91 Å². The second kappa shape index (κ2) is 5.46. The van der Waals surface area contributed by atoms with Crippen LogP contribution in [0.15, 0.2) is 0 Å². The molecule has 1 saturated heterocycles. The second-order valence-corrected chi connectivity index (χ2v) is 4.85. The van der Waals surface area contributed by atoms with Gasteiger partial charge in [-0.05, 0) is 13.8 Å². The zero-order chi connectivity index (χ0) is 13.1. The van der Waals surface area contributed by atoms with Gasteiger partial charge in [-0.25, -0.2) is 9.86 Å². The van der Waals surface area contributed by atoms with Gasteiger partial charge in [0.15, 0.2) is 0 Å². The van der Waals surface area contributed by atoms with E-state index in [-0.39, 0.29) is 11.8 Å². The summed E-state index contributed by atoms with van der Waals surface area (Å²) in [5.74, 6) is -0.0552. The fourth-order valence-electron chi connectivity index (χ4n) is 1.89. The Morgan fingerprint density at radius 2 is 2.12 bits per heavy atom. The van der Waals surface area contributed by atoms with Crippen LogP contribution in [0.25, 0.3) is 0 Å². The van der Waals surface area contributed by atoms with Crippen LogP contribution in [-0.2, 0) is 19.2 Å². The summed E-state index contributed by atoms with van der Waals surface area (Å²) in [5, 5.41) is 1.24. The summed E-state index contributed by atoms with van der Waals surface area (Å²) in [7, 11) is 3.06. The van der Waals surface area contributed by atoms with Crippen LogP contribution in [-0.4, -0.2) is 61.7 Å². The van der Waals surface area contributed by atoms with Crippen molar-refractivity contribution in [3.05, 3.63) is 0 Å². The Hall–Kier alpha value is -1.14. The van der Waals surface area contributed by atoms with E-state index in [1.54, 1.807) is 7.05 Å². The smallest absolute Gasteiger partial charge is 0.418 e. The number of nitrogens with zero attached hydrogens (tertiary/aromatic N) is 2. The van der Waals surface area contributed by atoms with E-state index in [0.717, 1.165) is 0 Å². The van der Waals surface area contributed by atoms with E-state index in [1.165, 1.54) is 18.6 Å². The molecule has 0 unspecified atom stereocenters. The zero-order valence-electron chi connectivity index (χ0n) is 10.7. The standard InChI is InChI=1S/C11H19N2O4/c1-11(2,17-8-14)7-13-5-9(6-13)10(15)12(3)16-4/h9H,5-7H2,1-4H3. The normalized spacial score (nSPS) is 17.4. The van der Waals surface area contributed by atoms with Crippen molar-refractivity contribution in [1.82, 2.24) is 9.96 Å². The molecule has 1 rings (SSSR count). The Kier molecular flexibility index (Phi) is 4.47. The molecule has 0 bridgehead atoms. The number of carbonyl (C=O) groups is 1. The first-order chi connectivity index (χ1) is 7.89. The predicted octanol–water partition coefficient (Wildman–Crippen LogP) is -0.200. The van der Waals surface area contributed by atoms with E-state index in [9.17, 15) is 9.59 Å². The molecule has 0 aromatic carbocycles. The lowest BCUT2D eigenvalue weighted by atomic mass is 9.96. The lowest BCUT2D eigenvalue weighted by molar-refractivity contribution is -0.179. The van der Waals surface area contributed by atoms with Gasteiger partial charge < -0.3 is 4.74 Å². The largest absolute Gasteiger partial charge is 0.450 e. The fourth-order valence-corrected chi connectivity index (χ4v) is 1.89. The van der Waals surface area contributed by atoms with Crippen LogP contribution in [0, 0.1) is 5.92 Å². The van der Waals surface area contributed by atoms with Crippen molar-refractivity contribution >= 4 is 12.4 Å². The molecule has 0 spiro atoms. The van der Waals surface area contributed by atoms with Crippen LogP contribution in [0.4, 0.5) is 0 Å². The van der Waals surface area contributed by atoms with E-state index in [1.807, 2.05) is 13.8 Å². The van der Waals surface area contributed by atoms with Gasteiger partial charge in [-0.2, -0.15) is 0 Å². The predicted molar refractivity (Wildman–Crippen MR) is 60.6 cm³/mol. The number of likely N-dealkylation sites (tertiary alicyclic amines) is 1. The zero-order valence-corrected chi connectivity index (χ0v) is 10.7. The van der Waals surface area contributed by atoms with Crippen molar-refractivity contribution in [1.29, 1.82) is 0 Å². The first-order valence-electron chi connectivity index (χ1n) is 5.49. The minimum atomic E-state index is -0.567. The van der Waals surface area contributed by atoms with E-state index < -0.39 is 5.60 Å². The van der Waals surface area contributed by atoms with Crippen molar-refractivity contribution in [3.8, 4) is 0 Å². The summed E-state index contributed by atoms with van der Waals surface area (Å²) in [4.78, 5) is 28.7. The van der Waals surface area contributed by atoms with Gasteiger partial charge in [0.1, 0.15) is 5.60 Å². The molecule has 1 aliphatic rings. The summed E-state index contributed by atoms with van der Waals surface area (Å²) in [5.41, 5.74) is -0.567. The molecule has 6 heteroatoms. The molecule has 0 aromatic heterocycles. The van der Waals surface area contributed by atoms with Gasteiger partial charge >= 0.3 is 6.47 Å². The molecule has 1 amide bonds. The van der Waals surface area contributed by atoms with Gasteiger partial charge in [-0.15, -0.1) is 0 Å². The molecular formula is C11H19N2O4. The van der Waals surface area contributed by atoms with E-state index in [4.69, 9.17) is 9.57 Å². The highest BCUT2D eigenvalue weighted by Crippen LogP contribution is 2.21. The number of amides is 1. The number of hydroxylamine groups is 2. The molecule has 0 aliphatic carbocycles. The van der Waals surface area contributed by atoms with Crippen molar-refractivity contribution < 1.29 is 19.2 Å². The summed E-state index contributed by atoms with van der Waals surface area (Å²) < 4.78 is 4.83. The van der Waals surface area contributed by atoms with Gasteiger partial charge in [0.05, 0.1) is 13.0 Å². The Labute approximate surface area is 101 Å². The summed E-state index contributed by atoms with van der Waals surface area (Å²) >= 11 is 0. The Morgan fingerprint density at radius 1 is 1.53 bits per heavy atom. The third kappa shape index (κ3) is 3.67. The Balaban J connectivity index is 2.32. The van der Waals surface area contributed by atoms with Crippen molar-refractivity contribution in [3.63, 3.8) is 0 Å². The first kappa shape index (κ1) is 13.9. The molecule has 0 atom stereocenters. The number of rotatable bonds is 6. The highest BCUT2D eigenvalue weighted by atomic mass is 16.7. The first-order valence-corrected chi connectivity index (χ1v) is 5.49. The molecule has 1 aliphatic heterocycles. The van der Waals surface area contributed by atoms with Crippen LogP contribution in [0.5, 0.6) is 0 Å². The summed E-state index contributed by atoms with van der Waals surface area (Å²) in [6, 6.07) is 0. The van der Waals surface area contributed by atoms with Crippen LogP contribution in [0.1, 0.15) is 13.8 Å². The topological polar surface area (TPSA) is 59.1 Å². The minimum Gasteiger partial charge on any atom is -0.450 e. The maximum atomic E-state index is 11.7. The number of hydrogen-bond donors (Lipinski definition) is 0. The van der Waals surface area contributed by atoms with Gasteiger partial charge in [0, 0.05) is 26.7 Å². The van der Waals surface area contributed by atoms with Gasteiger partial charge in [-0.1, -0.05) is 0 Å². The van der Waals surface area contributed by atoms with Gasteiger partial charge in [0.2, 0.25) is 0 Å². The highest BCUT2D eigenvalue weighted by Gasteiger charge is 2.37. The molecule has 97 valence electrons. The molecule has 0 N–H and O–H groups in total.